The van der Waals surface area contributed by atoms with Crippen molar-refractivity contribution in [3.63, 3.8) is 0 Å². The van der Waals surface area contributed by atoms with Crippen LogP contribution >= 0.6 is 0 Å². The number of hydrogen-bond acceptors (Lipinski definition) is 3. The highest BCUT2D eigenvalue weighted by Crippen LogP contribution is 2.34. The van der Waals surface area contributed by atoms with Gasteiger partial charge in [0, 0.05) is 19.1 Å². The number of nitrogens with two attached hydrogens (primary N) is 1. The minimum Gasteiger partial charge on any atom is -0.390 e. The Bertz CT molecular complexity index is 182. The number of aliphatic hydroxyl groups is 1. The summed E-state index contributed by atoms with van der Waals surface area (Å²) in [5, 5.41) is 10.3. The van der Waals surface area contributed by atoms with Crippen molar-refractivity contribution in [1.29, 1.82) is 0 Å². The van der Waals surface area contributed by atoms with Crippen molar-refractivity contribution in [3.8, 4) is 0 Å². The normalized spacial score (nSPS) is 44.1. The molecule has 2 rings (SSSR count). The lowest BCUT2D eigenvalue weighted by atomic mass is 9.79. The second-order valence-corrected chi connectivity index (χ2v) is 4.90. The molecule has 1 saturated heterocycles. The van der Waals surface area contributed by atoms with Crippen LogP contribution in [0.4, 0.5) is 0 Å². The van der Waals surface area contributed by atoms with E-state index in [0.29, 0.717) is 12.1 Å². The molecule has 82 valence electrons. The summed E-state index contributed by atoms with van der Waals surface area (Å²) in [6.45, 7) is 0.875. The first-order valence-electron chi connectivity index (χ1n) is 5.77. The van der Waals surface area contributed by atoms with E-state index in [1.165, 1.54) is 0 Å². The summed E-state index contributed by atoms with van der Waals surface area (Å²) >= 11 is 0. The van der Waals surface area contributed by atoms with Crippen LogP contribution in [0.3, 0.4) is 0 Å². The lowest BCUT2D eigenvalue weighted by Gasteiger charge is -2.36. The summed E-state index contributed by atoms with van der Waals surface area (Å²) in [5.41, 5.74) is 5.34. The summed E-state index contributed by atoms with van der Waals surface area (Å²) in [6.07, 6.45) is 7.03. The van der Waals surface area contributed by atoms with Gasteiger partial charge in [0.1, 0.15) is 0 Å². The van der Waals surface area contributed by atoms with Gasteiger partial charge in [-0.05, 0) is 38.5 Å². The molecule has 1 aliphatic heterocycles. The molecule has 0 aromatic rings. The predicted octanol–water partition coefficient (Wildman–Crippen LogP) is 1.19. The fraction of sp³-hybridized carbons (Fsp3) is 1.00. The van der Waals surface area contributed by atoms with Crippen LogP contribution in [-0.2, 0) is 4.74 Å². The fourth-order valence-electron chi connectivity index (χ4n) is 2.61. The van der Waals surface area contributed by atoms with Crippen LogP contribution in [0, 0.1) is 0 Å². The molecule has 0 bridgehead atoms. The Morgan fingerprint density at radius 2 is 2.00 bits per heavy atom. The summed E-state index contributed by atoms with van der Waals surface area (Å²) < 4.78 is 5.56. The Hall–Kier alpha value is -0.120. The van der Waals surface area contributed by atoms with E-state index in [9.17, 15) is 5.11 Å². The first-order chi connectivity index (χ1) is 6.68. The van der Waals surface area contributed by atoms with E-state index >= 15 is 0 Å². The summed E-state index contributed by atoms with van der Waals surface area (Å²) in [5.74, 6) is 0. The highest BCUT2D eigenvalue weighted by Gasteiger charge is 2.35. The van der Waals surface area contributed by atoms with E-state index in [-0.39, 0.29) is 0 Å². The first-order valence-corrected chi connectivity index (χ1v) is 5.77. The molecule has 2 fully saturated rings. The minimum absolute atomic E-state index is 0.300. The van der Waals surface area contributed by atoms with Crippen LogP contribution in [0.5, 0.6) is 0 Å². The maximum atomic E-state index is 10.3. The van der Waals surface area contributed by atoms with Gasteiger partial charge >= 0.3 is 0 Å². The zero-order chi connectivity index (χ0) is 10.0. The third-order valence-electron chi connectivity index (χ3n) is 3.59. The molecule has 0 aromatic heterocycles. The molecule has 0 amide bonds. The van der Waals surface area contributed by atoms with Crippen molar-refractivity contribution < 1.29 is 9.84 Å². The molecule has 3 nitrogen and oxygen atoms in total. The average Bonchev–Trinajstić information content (AvgIpc) is 2.63. The van der Waals surface area contributed by atoms with Crippen LogP contribution in [0.25, 0.3) is 0 Å². The Labute approximate surface area is 85.6 Å². The van der Waals surface area contributed by atoms with E-state index in [1.807, 2.05) is 0 Å². The van der Waals surface area contributed by atoms with Crippen LogP contribution in [-0.4, -0.2) is 29.5 Å². The monoisotopic (exact) mass is 199 g/mol. The zero-order valence-corrected chi connectivity index (χ0v) is 8.74. The molecular formula is C11H21NO2. The van der Waals surface area contributed by atoms with Gasteiger partial charge in [-0.25, -0.2) is 0 Å². The van der Waals surface area contributed by atoms with E-state index in [1.54, 1.807) is 0 Å². The molecule has 0 aromatic carbocycles. The van der Waals surface area contributed by atoms with Crippen molar-refractivity contribution in [1.82, 2.24) is 0 Å². The third kappa shape index (κ3) is 2.47. The van der Waals surface area contributed by atoms with Crippen molar-refractivity contribution in [2.75, 3.05) is 6.61 Å². The number of hydrogen-bond donors (Lipinski definition) is 2. The second-order valence-electron chi connectivity index (χ2n) is 4.90. The molecule has 1 atom stereocenters. The largest absolute Gasteiger partial charge is 0.390 e. The molecule has 0 radical (unpaired) electrons. The zero-order valence-electron chi connectivity index (χ0n) is 8.74. The molecule has 3 N–H and O–H groups in total. The topological polar surface area (TPSA) is 55.5 Å². The number of ether oxygens (including phenoxy) is 1. The van der Waals surface area contributed by atoms with Crippen LogP contribution in [0.1, 0.15) is 44.9 Å². The third-order valence-corrected chi connectivity index (χ3v) is 3.59. The average molecular weight is 199 g/mol. The standard InChI is InChI=1S/C11H21NO2/c12-9-3-5-11(13,6-4-9)8-10-2-1-7-14-10/h9-10,13H,1-8,12H2. The Morgan fingerprint density at radius 3 is 2.57 bits per heavy atom. The van der Waals surface area contributed by atoms with Crippen molar-refractivity contribution >= 4 is 0 Å². The molecule has 2 aliphatic rings. The molecule has 0 spiro atoms. The molecule has 1 unspecified atom stereocenters. The van der Waals surface area contributed by atoms with E-state index in [4.69, 9.17) is 10.5 Å². The van der Waals surface area contributed by atoms with Gasteiger partial charge in [-0.2, -0.15) is 0 Å². The highest BCUT2D eigenvalue weighted by atomic mass is 16.5. The van der Waals surface area contributed by atoms with E-state index in [0.717, 1.165) is 51.6 Å². The van der Waals surface area contributed by atoms with Gasteiger partial charge in [0.15, 0.2) is 0 Å². The minimum atomic E-state index is -0.481. The second kappa shape index (κ2) is 4.17. The predicted molar refractivity (Wildman–Crippen MR) is 55.0 cm³/mol. The lowest BCUT2D eigenvalue weighted by molar-refractivity contribution is -0.0461. The summed E-state index contributed by atoms with van der Waals surface area (Å²) in [6, 6.07) is 0.305. The van der Waals surface area contributed by atoms with Crippen molar-refractivity contribution in [3.05, 3.63) is 0 Å². The van der Waals surface area contributed by atoms with Gasteiger partial charge < -0.3 is 15.6 Å². The quantitative estimate of drug-likeness (QED) is 0.702. The van der Waals surface area contributed by atoms with Crippen molar-refractivity contribution in [2.45, 2.75) is 62.7 Å². The van der Waals surface area contributed by atoms with Crippen LogP contribution in [0.15, 0.2) is 0 Å². The van der Waals surface area contributed by atoms with E-state index in [2.05, 4.69) is 0 Å². The summed E-state index contributed by atoms with van der Waals surface area (Å²) in [4.78, 5) is 0. The van der Waals surface area contributed by atoms with Gasteiger partial charge in [0.05, 0.1) is 11.7 Å². The molecule has 14 heavy (non-hydrogen) atoms. The molecule has 1 aliphatic carbocycles. The Balaban J connectivity index is 1.82. The molecule has 3 heteroatoms. The first kappa shape index (κ1) is 10.4. The Morgan fingerprint density at radius 1 is 1.29 bits per heavy atom. The maximum Gasteiger partial charge on any atom is 0.0673 e. The Kier molecular flexibility index (Phi) is 3.10. The lowest BCUT2D eigenvalue weighted by Crippen LogP contribution is -2.41. The van der Waals surface area contributed by atoms with Gasteiger partial charge in [0.25, 0.3) is 0 Å². The van der Waals surface area contributed by atoms with Gasteiger partial charge in [0.2, 0.25) is 0 Å². The molecular weight excluding hydrogens is 178 g/mol. The van der Waals surface area contributed by atoms with Gasteiger partial charge in [-0.15, -0.1) is 0 Å². The number of rotatable bonds is 2. The van der Waals surface area contributed by atoms with Gasteiger partial charge in [-0.1, -0.05) is 0 Å². The molecule has 1 saturated carbocycles. The van der Waals surface area contributed by atoms with Crippen LogP contribution in [0.2, 0.25) is 0 Å². The van der Waals surface area contributed by atoms with Crippen molar-refractivity contribution in [2.24, 2.45) is 5.73 Å². The maximum absolute atomic E-state index is 10.3. The molecule has 1 heterocycles. The summed E-state index contributed by atoms with van der Waals surface area (Å²) in [7, 11) is 0. The van der Waals surface area contributed by atoms with E-state index < -0.39 is 5.60 Å². The smallest absolute Gasteiger partial charge is 0.0673 e. The SMILES string of the molecule is NC1CCC(O)(CC2CCCO2)CC1. The van der Waals surface area contributed by atoms with Gasteiger partial charge in [-0.3, -0.25) is 0 Å². The van der Waals surface area contributed by atoms with Crippen LogP contribution < -0.4 is 5.73 Å². The highest BCUT2D eigenvalue weighted by molar-refractivity contribution is 4.89. The fourth-order valence-corrected chi connectivity index (χ4v) is 2.61.